The molecule has 5 heteroatoms. The standard InChI is InChI=1S/C17H27N3O2/c1-11(2)9-15(17(22)18-5)20-16(21)13-7-6-8-14(10-13)19-12(3)4/h6-8,10-12,15,19H,9H2,1-5H3,(H,18,22)(H,20,21)/t15-/m0/s1. The van der Waals surface area contributed by atoms with Crippen LogP contribution in [0.3, 0.4) is 0 Å². The molecule has 1 aromatic rings. The van der Waals surface area contributed by atoms with Gasteiger partial charge >= 0.3 is 0 Å². The van der Waals surface area contributed by atoms with E-state index in [0.29, 0.717) is 17.9 Å². The smallest absolute Gasteiger partial charge is 0.252 e. The van der Waals surface area contributed by atoms with Crippen molar-refractivity contribution < 1.29 is 9.59 Å². The Hall–Kier alpha value is -2.04. The van der Waals surface area contributed by atoms with E-state index in [1.807, 2.05) is 39.8 Å². The molecule has 1 atom stereocenters. The first-order chi connectivity index (χ1) is 10.3. The predicted octanol–water partition coefficient (Wildman–Crippen LogP) is 2.40. The second kappa shape index (κ2) is 8.41. The monoisotopic (exact) mass is 305 g/mol. The molecular weight excluding hydrogens is 278 g/mol. The van der Waals surface area contributed by atoms with Gasteiger partial charge in [-0.3, -0.25) is 9.59 Å². The molecular formula is C17H27N3O2. The first kappa shape index (κ1) is 18.0. The summed E-state index contributed by atoms with van der Waals surface area (Å²) in [7, 11) is 1.58. The summed E-state index contributed by atoms with van der Waals surface area (Å²) < 4.78 is 0. The highest BCUT2D eigenvalue weighted by Crippen LogP contribution is 2.13. The largest absolute Gasteiger partial charge is 0.383 e. The highest BCUT2D eigenvalue weighted by Gasteiger charge is 2.21. The third-order valence-corrected chi connectivity index (χ3v) is 3.16. The lowest BCUT2D eigenvalue weighted by molar-refractivity contribution is -0.122. The molecule has 0 unspecified atom stereocenters. The topological polar surface area (TPSA) is 70.2 Å². The zero-order chi connectivity index (χ0) is 16.7. The fraction of sp³-hybridized carbons (Fsp3) is 0.529. The molecule has 122 valence electrons. The first-order valence-electron chi connectivity index (χ1n) is 7.72. The first-order valence-corrected chi connectivity index (χ1v) is 7.72. The minimum atomic E-state index is -0.515. The molecule has 5 nitrogen and oxygen atoms in total. The molecule has 0 aromatic heterocycles. The van der Waals surface area contributed by atoms with Gasteiger partial charge in [-0.25, -0.2) is 0 Å². The van der Waals surface area contributed by atoms with E-state index in [2.05, 4.69) is 16.0 Å². The minimum absolute atomic E-state index is 0.168. The fourth-order valence-electron chi connectivity index (χ4n) is 2.20. The van der Waals surface area contributed by atoms with E-state index >= 15 is 0 Å². The van der Waals surface area contributed by atoms with Crippen LogP contribution in [0.5, 0.6) is 0 Å². The Balaban J connectivity index is 2.83. The molecule has 0 saturated carbocycles. The van der Waals surface area contributed by atoms with Crippen molar-refractivity contribution in [3.8, 4) is 0 Å². The van der Waals surface area contributed by atoms with Gasteiger partial charge in [0.25, 0.3) is 5.91 Å². The maximum absolute atomic E-state index is 12.4. The molecule has 0 bridgehead atoms. The number of carbonyl (C=O) groups is 2. The molecule has 0 aliphatic carbocycles. The van der Waals surface area contributed by atoms with Gasteiger partial charge in [0, 0.05) is 24.3 Å². The third kappa shape index (κ3) is 5.76. The van der Waals surface area contributed by atoms with E-state index in [4.69, 9.17) is 0 Å². The van der Waals surface area contributed by atoms with E-state index in [-0.39, 0.29) is 17.9 Å². The quantitative estimate of drug-likeness (QED) is 0.724. The van der Waals surface area contributed by atoms with Crippen LogP contribution in [0.2, 0.25) is 0 Å². The van der Waals surface area contributed by atoms with Crippen LogP contribution >= 0.6 is 0 Å². The Morgan fingerprint density at radius 3 is 2.36 bits per heavy atom. The van der Waals surface area contributed by atoms with E-state index in [1.165, 1.54) is 0 Å². The Morgan fingerprint density at radius 2 is 1.82 bits per heavy atom. The maximum atomic E-state index is 12.4. The van der Waals surface area contributed by atoms with Gasteiger partial charge in [0.15, 0.2) is 0 Å². The summed E-state index contributed by atoms with van der Waals surface area (Å²) in [6.07, 6.45) is 0.606. The number of carbonyl (C=O) groups excluding carboxylic acids is 2. The second-order valence-electron chi connectivity index (χ2n) is 6.15. The number of rotatable bonds is 7. The lowest BCUT2D eigenvalue weighted by atomic mass is 10.0. The number of likely N-dealkylation sites (N-methyl/N-ethyl adjacent to an activating group) is 1. The van der Waals surface area contributed by atoms with Crippen LogP contribution in [0.4, 0.5) is 5.69 Å². The third-order valence-electron chi connectivity index (χ3n) is 3.16. The van der Waals surface area contributed by atoms with Crippen LogP contribution in [0, 0.1) is 5.92 Å². The van der Waals surface area contributed by atoms with Crippen molar-refractivity contribution in [1.82, 2.24) is 10.6 Å². The number of amides is 2. The van der Waals surface area contributed by atoms with E-state index in [0.717, 1.165) is 5.69 Å². The van der Waals surface area contributed by atoms with Crippen molar-refractivity contribution in [2.24, 2.45) is 5.92 Å². The van der Waals surface area contributed by atoms with Crippen molar-refractivity contribution in [2.75, 3.05) is 12.4 Å². The lowest BCUT2D eigenvalue weighted by Crippen LogP contribution is -2.46. The molecule has 2 amide bonds. The van der Waals surface area contributed by atoms with Gasteiger partial charge in [0.2, 0.25) is 5.91 Å². The summed E-state index contributed by atoms with van der Waals surface area (Å²) in [5, 5.41) is 8.68. The Kier molecular flexibility index (Phi) is 6.89. The number of hydrogen-bond acceptors (Lipinski definition) is 3. The van der Waals surface area contributed by atoms with Crippen LogP contribution < -0.4 is 16.0 Å². The number of anilines is 1. The molecule has 0 aliphatic heterocycles. The van der Waals surface area contributed by atoms with Gasteiger partial charge in [-0.05, 0) is 44.4 Å². The minimum Gasteiger partial charge on any atom is -0.383 e. The molecule has 0 spiro atoms. The Labute approximate surface area is 132 Å². The lowest BCUT2D eigenvalue weighted by Gasteiger charge is -2.19. The molecule has 0 aliphatic rings. The highest BCUT2D eigenvalue weighted by atomic mass is 16.2. The molecule has 3 N–H and O–H groups in total. The van der Waals surface area contributed by atoms with Gasteiger partial charge in [-0.2, -0.15) is 0 Å². The summed E-state index contributed by atoms with van der Waals surface area (Å²) in [5.74, 6) is -0.0864. The van der Waals surface area contributed by atoms with E-state index < -0.39 is 6.04 Å². The van der Waals surface area contributed by atoms with Gasteiger partial charge < -0.3 is 16.0 Å². The summed E-state index contributed by atoms with van der Waals surface area (Å²) in [6.45, 7) is 8.12. The van der Waals surface area contributed by atoms with Crippen molar-refractivity contribution in [3.05, 3.63) is 29.8 Å². The molecule has 0 heterocycles. The van der Waals surface area contributed by atoms with E-state index in [1.54, 1.807) is 19.2 Å². The van der Waals surface area contributed by atoms with Crippen LogP contribution in [0.25, 0.3) is 0 Å². The highest BCUT2D eigenvalue weighted by molar-refractivity contribution is 5.98. The SMILES string of the molecule is CNC(=O)[C@H](CC(C)C)NC(=O)c1cccc(NC(C)C)c1. The van der Waals surface area contributed by atoms with Crippen LogP contribution in [0.1, 0.15) is 44.5 Å². The van der Waals surface area contributed by atoms with Crippen LogP contribution in [0.15, 0.2) is 24.3 Å². The second-order valence-corrected chi connectivity index (χ2v) is 6.15. The molecule has 1 aromatic carbocycles. The van der Waals surface area contributed by atoms with Gasteiger partial charge in [-0.1, -0.05) is 19.9 Å². The molecule has 1 rings (SSSR count). The van der Waals surface area contributed by atoms with Crippen molar-refractivity contribution >= 4 is 17.5 Å². The zero-order valence-electron chi connectivity index (χ0n) is 14.1. The van der Waals surface area contributed by atoms with Crippen molar-refractivity contribution in [1.29, 1.82) is 0 Å². The number of nitrogens with one attached hydrogen (secondary N) is 3. The number of hydrogen-bond donors (Lipinski definition) is 3. The Bertz CT molecular complexity index is 512. The maximum Gasteiger partial charge on any atom is 0.252 e. The Morgan fingerprint density at radius 1 is 1.14 bits per heavy atom. The van der Waals surface area contributed by atoms with Crippen LogP contribution in [-0.4, -0.2) is 30.9 Å². The molecule has 0 fully saturated rings. The van der Waals surface area contributed by atoms with Crippen molar-refractivity contribution in [2.45, 2.75) is 46.2 Å². The fourth-order valence-corrected chi connectivity index (χ4v) is 2.20. The van der Waals surface area contributed by atoms with Gasteiger partial charge in [0.1, 0.15) is 6.04 Å². The zero-order valence-corrected chi connectivity index (χ0v) is 14.1. The van der Waals surface area contributed by atoms with E-state index in [9.17, 15) is 9.59 Å². The van der Waals surface area contributed by atoms with Gasteiger partial charge in [-0.15, -0.1) is 0 Å². The summed E-state index contributed by atoms with van der Waals surface area (Å²) >= 11 is 0. The van der Waals surface area contributed by atoms with Crippen LogP contribution in [-0.2, 0) is 4.79 Å². The summed E-state index contributed by atoms with van der Waals surface area (Å²) in [5.41, 5.74) is 1.44. The normalized spacial score (nSPS) is 12.1. The average Bonchev–Trinajstić information content (AvgIpc) is 2.44. The number of benzene rings is 1. The average molecular weight is 305 g/mol. The summed E-state index contributed by atoms with van der Waals surface area (Å²) in [6, 6.07) is 7.07. The predicted molar refractivity (Wildman–Crippen MR) is 90.0 cm³/mol. The molecule has 0 saturated heterocycles. The molecule has 22 heavy (non-hydrogen) atoms. The van der Waals surface area contributed by atoms with Crippen molar-refractivity contribution in [3.63, 3.8) is 0 Å². The van der Waals surface area contributed by atoms with Gasteiger partial charge in [0.05, 0.1) is 0 Å². The molecule has 0 radical (unpaired) electrons. The summed E-state index contributed by atoms with van der Waals surface area (Å²) in [4.78, 5) is 24.3.